The number of likely N-dealkylation sites (tertiary alicyclic amines) is 1. The number of hydrogen-bond acceptors (Lipinski definition) is 4. The fraction of sp³-hybridized carbons (Fsp3) is 0.400. The molecule has 33 heavy (non-hydrogen) atoms. The molecule has 0 aliphatic carbocycles. The van der Waals surface area contributed by atoms with Crippen LogP contribution in [0.2, 0.25) is 0 Å². The van der Waals surface area contributed by atoms with Crippen molar-refractivity contribution in [1.82, 2.24) is 19.5 Å². The van der Waals surface area contributed by atoms with E-state index in [4.69, 9.17) is 0 Å². The van der Waals surface area contributed by atoms with Gasteiger partial charge in [-0.1, -0.05) is 6.07 Å². The zero-order chi connectivity index (χ0) is 24.1. The molecule has 1 saturated heterocycles. The molecule has 0 amide bonds. The Morgan fingerprint density at radius 2 is 1.73 bits per heavy atom. The van der Waals surface area contributed by atoms with Gasteiger partial charge < -0.3 is 10.2 Å². The summed E-state index contributed by atoms with van der Waals surface area (Å²) in [6.45, 7) is 0.677. The third-order valence-electron chi connectivity index (χ3n) is 5.36. The molecule has 5 nitrogen and oxygen atoms in total. The Hall–Kier alpha value is -2.96. The van der Waals surface area contributed by atoms with Crippen LogP contribution in [0.3, 0.4) is 0 Å². The van der Waals surface area contributed by atoms with Crippen LogP contribution in [-0.4, -0.2) is 51.8 Å². The van der Waals surface area contributed by atoms with Crippen molar-refractivity contribution in [3.63, 3.8) is 0 Å². The molecule has 4 rings (SSSR count). The molecule has 2 aromatic heterocycles. The largest absolute Gasteiger partial charge is 0.417 e. The second-order valence-corrected chi connectivity index (χ2v) is 7.91. The maximum Gasteiger partial charge on any atom is 0.417 e. The molecule has 0 saturated carbocycles. The summed E-state index contributed by atoms with van der Waals surface area (Å²) in [7, 11) is 1.71. The number of likely N-dealkylation sites (N-methyl/N-ethyl adjacent to an activating group) is 1. The maximum atomic E-state index is 14.6. The van der Waals surface area contributed by atoms with Gasteiger partial charge in [-0.15, -0.1) is 10.2 Å². The molecular weight excluding hydrogens is 462 g/mol. The molecule has 0 bridgehead atoms. The van der Waals surface area contributed by atoms with Crippen molar-refractivity contribution >= 4 is 11.5 Å². The zero-order valence-corrected chi connectivity index (χ0v) is 17.0. The third kappa shape index (κ3) is 4.59. The highest BCUT2D eigenvalue weighted by molar-refractivity contribution is 5.80. The van der Waals surface area contributed by atoms with E-state index in [2.05, 4.69) is 15.5 Å². The van der Waals surface area contributed by atoms with E-state index in [0.717, 1.165) is 10.5 Å². The average Bonchev–Trinajstić information content (AvgIpc) is 3.08. The molecular formula is C20H17F8N5. The highest BCUT2D eigenvalue weighted by Crippen LogP contribution is 2.41. The number of halogens is 8. The van der Waals surface area contributed by atoms with Crippen molar-refractivity contribution in [1.29, 1.82) is 0 Å². The molecule has 13 heteroatoms. The van der Waals surface area contributed by atoms with Gasteiger partial charge in [0.25, 0.3) is 0 Å². The normalized spacial score (nSPS) is 20.4. The number of benzene rings is 1. The van der Waals surface area contributed by atoms with Crippen LogP contribution < -0.4 is 5.32 Å². The Morgan fingerprint density at radius 1 is 1.00 bits per heavy atom. The predicted octanol–water partition coefficient (Wildman–Crippen LogP) is 5.03. The van der Waals surface area contributed by atoms with Gasteiger partial charge >= 0.3 is 12.4 Å². The van der Waals surface area contributed by atoms with Crippen molar-refractivity contribution in [2.24, 2.45) is 0 Å². The Balaban J connectivity index is 1.82. The van der Waals surface area contributed by atoms with Crippen LogP contribution in [0.1, 0.15) is 17.5 Å². The molecule has 1 aromatic carbocycles. The molecule has 3 aromatic rings. The van der Waals surface area contributed by atoms with E-state index in [1.165, 1.54) is 6.20 Å². The van der Waals surface area contributed by atoms with E-state index in [9.17, 15) is 35.1 Å². The summed E-state index contributed by atoms with van der Waals surface area (Å²) in [6, 6.07) is 1.56. The van der Waals surface area contributed by atoms with Gasteiger partial charge in [-0.05, 0) is 25.2 Å². The lowest BCUT2D eigenvalue weighted by Crippen LogP contribution is -2.45. The molecule has 0 radical (unpaired) electrons. The van der Waals surface area contributed by atoms with Crippen LogP contribution in [0.5, 0.6) is 0 Å². The van der Waals surface area contributed by atoms with Crippen LogP contribution >= 0.6 is 0 Å². The number of alkyl halides is 7. The molecule has 1 aliphatic rings. The first kappa shape index (κ1) is 23.2. The summed E-state index contributed by atoms with van der Waals surface area (Å²) in [5.41, 5.74) is -4.85. The van der Waals surface area contributed by atoms with Gasteiger partial charge in [0.05, 0.1) is 11.1 Å². The molecule has 3 heterocycles. The second kappa shape index (κ2) is 8.12. The molecule has 1 aliphatic heterocycles. The second-order valence-electron chi connectivity index (χ2n) is 7.91. The van der Waals surface area contributed by atoms with Crippen LogP contribution in [0.4, 0.5) is 41.1 Å². The standard InChI is InChI=1S/C20H17F8N5/c1-32-8-11(21)7-12(9-32)29-18-31-30-16(17-15(22)4-5-33(17)18)13-3-2-10(19(23,24)25)6-14(13)20(26,27)28/h2-6,11-12H,7-9H2,1H3,(H,29,31)/t11-,12-/m1/s1. The molecule has 178 valence electrons. The summed E-state index contributed by atoms with van der Waals surface area (Å²) >= 11 is 0. The van der Waals surface area contributed by atoms with Crippen molar-refractivity contribution in [2.45, 2.75) is 31.0 Å². The molecule has 1 fully saturated rings. The van der Waals surface area contributed by atoms with Gasteiger partial charge in [0.15, 0.2) is 5.82 Å². The highest BCUT2D eigenvalue weighted by atomic mass is 19.4. The predicted molar refractivity (Wildman–Crippen MR) is 103 cm³/mol. The Kier molecular flexibility index (Phi) is 5.71. The summed E-state index contributed by atoms with van der Waals surface area (Å²) < 4.78 is 109. The van der Waals surface area contributed by atoms with Gasteiger partial charge in [0, 0.05) is 37.3 Å². The Bertz CT molecular complexity index is 1160. The number of rotatable bonds is 3. The van der Waals surface area contributed by atoms with Crippen molar-refractivity contribution in [2.75, 3.05) is 25.5 Å². The number of nitrogens with zero attached hydrogens (tertiary/aromatic N) is 4. The molecule has 0 spiro atoms. The van der Waals surface area contributed by atoms with E-state index >= 15 is 0 Å². The average molecular weight is 479 g/mol. The minimum atomic E-state index is -5.17. The molecule has 1 N–H and O–H groups in total. The Labute approximate surface area is 182 Å². The quantitative estimate of drug-likeness (QED) is 0.536. The summed E-state index contributed by atoms with van der Waals surface area (Å²) in [5, 5.41) is 10.5. The van der Waals surface area contributed by atoms with E-state index in [-0.39, 0.29) is 25.0 Å². The van der Waals surface area contributed by atoms with Gasteiger partial charge in [0.2, 0.25) is 5.95 Å². The van der Waals surface area contributed by atoms with Crippen LogP contribution in [0, 0.1) is 5.82 Å². The number of anilines is 1. The number of nitrogens with one attached hydrogen (secondary N) is 1. The van der Waals surface area contributed by atoms with Gasteiger partial charge in [-0.25, -0.2) is 8.78 Å². The van der Waals surface area contributed by atoms with Gasteiger partial charge in [-0.2, -0.15) is 26.3 Å². The molecule has 0 unspecified atom stereocenters. The third-order valence-corrected chi connectivity index (χ3v) is 5.36. The Morgan fingerprint density at radius 3 is 2.36 bits per heavy atom. The highest BCUT2D eigenvalue weighted by Gasteiger charge is 2.39. The number of aromatic nitrogens is 3. The minimum absolute atomic E-state index is 0.0365. The lowest BCUT2D eigenvalue weighted by Gasteiger charge is -2.32. The maximum absolute atomic E-state index is 14.6. The fourth-order valence-corrected chi connectivity index (χ4v) is 3.98. The van der Waals surface area contributed by atoms with E-state index in [0.29, 0.717) is 18.7 Å². The molecule has 2 atom stereocenters. The minimum Gasteiger partial charge on any atom is -0.350 e. The van der Waals surface area contributed by atoms with E-state index < -0.39 is 58.3 Å². The number of piperidine rings is 1. The fourth-order valence-electron chi connectivity index (χ4n) is 3.98. The van der Waals surface area contributed by atoms with E-state index in [1.807, 2.05) is 0 Å². The van der Waals surface area contributed by atoms with Crippen molar-refractivity contribution < 1.29 is 35.1 Å². The van der Waals surface area contributed by atoms with Crippen LogP contribution in [-0.2, 0) is 12.4 Å². The monoisotopic (exact) mass is 479 g/mol. The van der Waals surface area contributed by atoms with Crippen molar-refractivity contribution in [3.05, 3.63) is 47.4 Å². The van der Waals surface area contributed by atoms with Crippen molar-refractivity contribution in [3.8, 4) is 11.3 Å². The van der Waals surface area contributed by atoms with E-state index in [1.54, 1.807) is 11.9 Å². The van der Waals surface area contributed by atoms with Gasteiger partial charge in [-0.3, -0.25) is 4.40 Å². The SMILES string of the molecule is CN1C[C@H](F)C[C@@H](Nc2nnc(-c3ccc(C(F)(F)F)cc3C(F)(F)F)c3c(F)ccn23)C1. The summed E-state index contributed by atoms with van der Waals surface area (Å²) in [5.74, 6) is -0.981. The van der Waals surface area contributed by atoms with Crippen LogP contribution in [0.15, 0.2) is 30.5 Å². The number of fused-ring (bicyclic) bond motifs is 1. The first-order valence-corrected chi connectivity index (χ1v) is 9.76. The first-order valence-electron chi connectivity index (χ1n) is 9.76. The first-order chi connectivity index (χ1) is 15.3. The topological polar surface area (TPSA) is 45.5 Å². The smallest absolute Gasteiger partial charge is 0.350 e. The summed E-state index contributed by atoms with van der Waals surface area (Å²) in [4.78, 5) is 1.74. The lowest BCUT2D eigenvalue weighted by atomic mass is 10.00. The summed E-state index contributed by atoms with van der Waals surface area (Å²) in [6.07, 6.45) is -9.96. The number of hydrogen-bond donors (Lipinski definition) is 1. The van der Waals surface area contributed by atoms with Crippen LogP contribution in [0.25, 0.3) is 16.8 Å². The van der Waals surface area contributed by atoms with Gasteiger partial charge in [0.1, 0.15) is 17.4 Å². The zero-order valence-electron chi connectivity index (χ0n) is 17.0. The lowest BCUT2D eigenvalue weighted by molar-refractivity contribution is -0.142.